The SMILES string of the molecule is CC(C)(C)OC(=O)N[C@@H]1CCCN(c2c(F)cc(-c3ccccc3)c(NS(C)(=O)=O)c2F)C1=O. The lowest BCUT2D eigenvalue weighted by Gasteiger charge is -2.34. The van der Waals surface area contributed by atoms with Gasteiger partial charge in [-0.1, -0.05) is 30.3 Å². The van der Waals surface area contributed by atoms with Gasteiger partial charge in [-0.3, -0.25) is 9.52 Å². The molecule has 0 unspecified atom stereocenters. The molecule has 2 aromatic carbocycles. The van der Waals surface area contributed by atoms with Crippen LogP contribution in [0.1, 0.15) is 33.6 Å². The van der Waals surface area contributed by atoms with Crippen LogP contribution in [0.2, 0.25) is 0 Å². The zero-order valence-electron chi connectivity index (χ0n) is 19.3. The summed E-state index contributed by atoms with van der Waals surface area (Å²) >= 11 is 0. The number of anilines is 2. The van der Waals surface area contributed by atoms with E-state index in [1.165, 1.54) is 0 Å². The highest BCUT2D eigenvalue weighted by Gasteiger charge is 2.36. The number of halogens is 2. The lowest BCUT2D eigenvalue weighted by molar-refractivity contribution is -0.121. The summed E-state index contributed by atoms with van der Waals surface area (Å²) in [5.41, 5.74) is -1.59. The van der Waals surface area contributed by atoms with E-state index in [2.05, 4.69) is 10.0 Å². The van der Waals surface area contributed by atoms with Crippen LogP contribution in [0.25, 0.3) is 11.1 Å². The lowest BCUT2D eigenvalue weighted by Crippen LogP contribution is -2.53. The molecular weight excluding hydrogens is 468 g/mol. The molecule has 0 saturated carbocycles. The first-order chi connectivity index (χ1) is 15.8. The monoisotopic (exact) mass is 495 g/mol. The van der Waals surface area contributed by atoms with E-state index >= 15 is 8.78 Å². The highest BCUT2D eigenvalue weighted by molar-refractivity contribution is 7.92. The first-order valence-electron chi connectivity index (χ1n) is 10.6. The fraction of sp³-hybridized carbons (Fsp3) is 0.391. The van der Waals surface area contributed by atoms with E-state index in [0.29, 0.717) is 12.0 Å². The van der Waals surface area contributed by atoms with E-state index in [4.69, 9.17) is 4.74 Å². The number of ether oxygens (including phenoxy) is 1. The highest BCUT2D eigenvalue weighted by atomic mass is 32.2. The van der Waals surface area contributed by atoms with Gasteiger partial charge in [-0.05, 0) is 45.2 Å². The molecular formula is C23H27F2N3O5S. The van der Waals surface area contributed by atoms with Gasteiger partial charge < -0.3 is 15.0 Å². The number of nitrogens with zero attached hydrogens (tertiary/aromatic N) is 1. The average molecular weight is 496 g/mol. The molecule has 0 bridgehead atoms. The highest BCUT2D eigenvalue weighted by Crippen LogP contribution is 2.39. The molecule has 3 rings (SSSR count). The van der Waals surface area contributed by atoms with Gasteiger partial charge in [0.2, 0.25) is 15.9 Å². The summed E-state index contributed by atoms with van der Waals surface area (Å²) in [5.74, 6) is -3.00. The van der Waals surface area contributed by atoms with Crippen molar-refractivity contribution in [3.8, 4) is 11.1 Å². The number of hydrogen-bond acceptors (Lipinski definition) is 5. The molecule has 1 saturated heterocycles. The van der Waals surface area contributed by atoms with Crippen molar-refractivity contribution in [1.82, 2.24) is 5.32 Å². The molecule has 1 aliphatic rings. The number of benzene rings is 2. The van der Waals surface area contributed by atoms with Crippen molar-refractivity contribution in [2.24, 2.45) is 0 Å². The van der Waals surface area contributed by atoms with E-state index in [9.17, 15) is 18.0 Å². The Kier molecular flexibility index (Phi) is 7.15. The third-order valence-corrected chi connectivity index (χ3v) is 5.54. The minimum absolute atomic E-state index is 0.0117. The number of carbonyl (C=O) groups excluding carboxylic acids is 2. The Morgan fingerprint density at radius 1 is 1.18 bits per heavy atom. The van der Waals surface area contributed by atoms with E-state index in [1.54, 1.807) is 51.1 Å². The molecule has 1 atom stereocenters. The van der Waals surface area contributed by atoms with Gasteiger partial charge in [0.1, 0.15) is 17.3 Å². The summed E-state index contributed by atoms with van der Waals surface area (Å²) in [4.78, 5) is 26.1. The Bertz CT molecular complexity index is 1200. The van der Waals surface area contributed by atoms with Crippen molar-refractivity contribution in [2.75, 3.05) is 22.4 Å². The quantitative estimate of drug-likeness (QED) is 0.652. The van der Waals surface area contributed by atoms with Crippen LogP contribution < -0.4 is 14.9 Å². The Labute approximate surface area is 197 Å². The van der Waals surface area contributed by atoms with E-state index in [1.807, 2.05) is 0 Å². The summed E-state index contributed by atoms with van der Waals surface area (Å²) in [5, 5.41) is 2.45. The van der Waals surface area contributed by atoms with Crippen molar-refractivity contribution in [2.45, 2.75) is 45.3 Å². The zero-order chi connectivity index (χ0) is 25.3. The number of rotatable bonds is 5. The minimum atomic E-state index is -3.94. The third kappa shape index (κ3) is 6.02. The minimum Gasteiger partial charge on any atom is -0.444 e. The maximum absolute atomic E-state index is 15.7. The smallest absolute Gasteiger partial charge is 0.408 e. The van der Waals surface area contributed by atoms with Crippen molar-refractivity contribution in [1.29, 1.82) is 0 Å². The van der Waals surface area contributed by atoms with Crippen LogP contribution in [-0.4, -0.2) is 44.9 Å². The molecule has 2 N–H and O–H groups in total. The van der Waals surface area contributed by atoms with Crippen molar-refractivity contribution in [3.05, 3.63) is 48.0 Å². The van der Waals surface area contributed by atoms with Gasteiger partial charge in [0.05, 0.1) is 11.9 Å². The number of hydrogen-bond donors (Lipinski definition) is 2. The molecule has 2 aromatic rings. The fourth-order valence-corrected chi connectivity index (χ4v) is 4.24. The number of nitrogens with one attached hydrogen (secondary N) is 2. The second-order valence-electron chi connectivity index (χ2n) is 9.01. The second kappa shape index (κ2) is 9.57. The van der Waals surface area contributed by atoms with Gasteiger partial charge in [0.25, 0.3) is 0 Å². The van der Waals surface area contributed by atoms with Gasteiger partial charge in [-0.2, -0.15) is 0 Å². The molecule has 8 nitrogen and oxygen atoms in total. The fourth-order valence-electron chi connectivity index (χ4n) is 3.67. The first kappa shape index (κ1) is 25.4. The number of sulfonamides is 1. The molecule has 34 heavy (non-hydrogen) atoms. The van der Waals surface area contributed by atoms with E-state index in [0.717, 1.165) is 17.2 Å². The molecule has 0 aromatic heterocycles. The zero-order valence-corrected chi connectivity index (χ0v) is 20.1. The Morgan fingerprint density at radius 3 is 2.41 bits per heavy atom. The molecule has 184 valence electrons. The molecule has 1 aliphatic heterocycles. The number of carbonyl (C=O) groups is 2. The van der Waals surface area contributed by atoms with Crippen LogP contribution in [0.15, 0.2) is 36.4 Å². The van der Waals surface area contributed by atoms with Crippen molar-refractivity contribution in [3.63, 3.8) is 0 Å². The Balaban J connectivity index is 2.02. The van der Waals surface area contributed by atoms with Gasteiger partial charge in [-0.15, -0.1) is 0 Å². The van der Waals surface area contributed by atoms with Crippen LogP contribution in [0, 0.1) is 11.6 Å². The predicted octanol–water partition coefficient (Wildman–Crippen LogP) is 4.02. The van der Waals surface area contributed by atoms with Gasteiger partial charge >= 0.3 is 6.09 Å². The second-order valence-corrected chi connectivity index (χ2v) is 10.8. The number of amides is 2. The summed E-state index contributed by atoms with van der Waals surface area (Å²) in [6, 6.07) is 8.08. The molecule has 11 heteroatoms. The normalized spacial score (nSPS) is 16.8. The van der Waals surface area contributed by atoms with E-state index in [-0.39, 0.29) is 18.5 Å². The van der Waals surface area contributed by atoms with Crippen molar-refractivity contribution < 1.29 is 31.5 Å². The number of alkyl carbamates (subject to hydrolysis) is 1. The van der Waals surface area contributed by atoms with Crippen molar-refractivity contribution >= 4 is 33.4 Å². The van der Waals surface area contributed by atoms with Crippen LogP contribution in [0.5, 0.6) is 0 Å². The maximum atomic E-state index is 15.7. The molecule has 0 aliphatic carbocycles. The maximum Gasteiger partial charge on any atom is 0.408 e. The third-order valence-electron chi connectivity index (χ3n) is 4.97. The first-order valence-corrected chi connectivity index (χ1v) is 12.5. The molecule has 1 fully saturated rings. The molecule has 1 heterocycles. The summed E-state index contributed by atoms with van der Waals surface area (Å²) in [6.07, 6.45) is 0.624. The molecule has 2 amide bonds. The molecule has 0 radical (unpaired) electrons. The van der Waals surface area contributed by atoms with Crippen LogP contribution in [-0.2, 0) is 19.6 Å². The standard InChI is InChI=1S/C23H27F2N3O5S/c1-23(2,3)33-22(30)26-17-11-8-12-28(21(17)29)20-16(24)13-15(14-9-6-5-7-10-14)19(18(20)25)27-34(4,31)32/h5-7,9-10,13,17,27H,8,11-12H2,1-4H3,(H,26,30)/t17-/m1/s1. The predicted molar refractivity (Wildman–Crippen MR) is 125 cm³/mol. The van der Waals surface area contributed by atoms with Crippen LogP contribution >= 0.6 is 0 Å². The summed E-state index contributed by atoms with van der Waals surface area (Å²) in [6.45, 7) is 4.98. The van der Waals surface area contributed by atoms with E-state index < -0.39 is 56.7 Å². The van der Waals surface area contributed by atoms with Gasteiger partial charge in [0.15, 0.2) is 11.6 Å². The largest absolute Gasteiger partial charge is 0.444 e. The Morgan fingerprint density at radius 2 is 1.82 bits per heavy atom. The lowest BCUT2D eigenvalue weighted by atomic mass is 10.00. The summed E-state index contributed by atoms with van der Waals surface area (Å²) in [7, 11) is -3.94. The average Bonchev–Trinajstić information content (AvgIpc) is 2.71. The number of piperidine rings is 1. The summed E-state index contributed by atoms with van der Waals surface area (Å²) < 4.78 is 62.1. The topological polar surface area (TPSA) is 105 Å². The van der Waals surface area contributed by atoms with Crippen LogP contribution in [0.3, 0.4) is 0 Å². The Hall–Kier alpha value is -3.21. The van der Waals surface area contributed by atoms with Gasteiger partial charge in [0, 0.05) is 12.1 Å². The molecule has 0 spiro atoms. The van der Waals surface area contributed by atoms with Gasteiger partial charge in [-0.25, -0.2) is 22.0 Å². The van der Waals surface area contributed by atoms with Crippen LogP contribution in [0.4, 0.5) is 25.0 Å².